The van der Waals surface area contributed by atoms with Gasteiger partial charge in [0.2, 0.25) is 5.43 Å². The number of carbonyl (C=O) groups is 1. The molecule has 1 aliphatic rings. The van der Waals surface area contributed by atoms with Crippen LogP contribution in [-0.4, -0.2) is 22.1 Å². The van der Waals surface area contributed by atoms with E-state index >= 15 is 0 Å². The molecule has 1 aromatic carbocycles. The summed E-state index contributed by atoms with van der Waals surface area (Å²) in [5, 5.41) is 6.11. The zero-order valence-electron chi connectivity index (χ0n) is 11.3. The van der Waals surface area contributed by atoms with E-state index in [1.807, 2.05) is 0 Å². The molecule has 1 aliphatic carbocycles. The standard InChI is InChI=1S/C15H14FN3O2/c16-10-4-6-12(7-5-10)19(11-2-1-3-11)15(21)13-8-17-18-9-14(13)20/h4-9,11H,1-3H2,(H,17,20). The Kier molecular flexibility index (Phi) is 3.51. The van der Waals surface area contributed by atoms with Gasteiger partial charge in [-0.1, -0.05) is 0 Å². The Hall–Kier alpha value is -2.50. The molecule has 0 spiro atoms. The predicted molar refractivity (Wildman–Crippen MR) is 75.7 cm³/mol. The minimum atomic E-state index is -0.426. The number of hydrogen-bond acceptors (Lipinski definition) is 3. The minimum absolute atomic E-state index is 0.0428. The maximum Gasteiger partial charge on any atom is 0.264 e. The molecule has 1 aromatic heterocycles. The Morgan fingerprint density at radius 2 is 2.00 bits per heavy atom. The number of rotatable bonds is 3. The van der Waals surface area contributed by atoms with E-state index in [-0.39, 0.29) is 23.3 Å². The van der Waals surface area contributed by atoms with Crippen LogP contribution in [0.1, 0.15) is 29.6 Å². The quantitative estimate of drug-likeness (QED) is 0.940. The molecular formula is C15H14FN3O2. The zero-order chi connectivity index (χ0) is 14.8. The van der Waals surface area contributed by atoms with E-state index in [0.29, 0.717) is 5.69 Å². The summed E-state index contributed by atoms with van der Waals surface area (Å²) in [4.78, 5) is 26.0. The molecule has 21 heavy (non-hydrogen) atoms. The molecule has 0 bridgehead atoms. The summed E-state index contributed by atoms with van der Waals surface area (Å²) in [5.41, 5.74) is 0.216. The molecule has 2 aromatic rings. The van der Waals surface area contributed by atoms with Crippen molar-refractivity contribution in [2.24, 2.45) is 0 Å². The van der Waals surface area contributed by atoms with Crippen LogP contribution < -0.4 is 10.3 Å². The van der Waals surface area contributed by atoms with Gasteiger partial charge in [0, 0.05) is 17.9 Å². The third kappa shape index (κ3) is 2.56. The van der Waals surface area contributed by atoms with Gasteiger partial charge < -0.3 is 4.90 Å². The van der Waals surface area contributed by atoms with Gasteiger partial charge in [-0.05, 0) is 43.5 Å². The number of benzene rings is 1. The number of halogens is 1. The van der Waals surface area contributed by atoms with Gasteiger partial charge in [-0.15, -0.1) is 0 Å². The molecule has 0 unspecified atom stereocenters. The van der Waals surface area contributed by atoms with Crippen molar-refractivity contribution in [2.45, 2.75) is 25.3 Å². The number of amides is 1. The zero-order valence-corrected chi connectivity index (χ0v) is 11.3. The first-order chi connectivity index (χ1) is 10.2. The van der Waals surface area contributed by atoms with E-state index in [9.17, 15) is 14.0 Å². The molecule has 1 N–H and O–H groups in total. The molecule has 5 nitrogen and oxygen atoms in total. The van der Waals surface area contributed by atoms with Crippen LogP contribution in [-0.2, 0) is 0 Å². The number of nitrogens with zero attached hydrogens (tertiary/aromatic N) is 2. The predicted octanol–water partition coefficient (Wildman–Crippen LogP) is 2.11. The summed E-state index contributed by atoms with van der Waals surface area (Å²) in [7, 11) is 0. The van der Waals surface area contributed by atoms with Crippen molar-refractivity contribution in [3.8, 4) is 0 Å². The van der Waals surface area contributed by atoms with E-state index in [2.05, 4.69) is 10.2 Å². The number of aromatic amines is 1. The van der Waals surface area contributed by atoms with Crippen molar-refractivity contribution in [1.82, 2.24) is 10.2 Å². The summed E-state index contributed by atoms with van der Waals surface area (Å²) < 4.78 is 13.1. The fraction of sp³-hybridized carbons (Fsp3) is 0.267. The van der Waals surface area contributed by atoms with Crippen molar-refractivity contribution >= 4 is 11.6 Å². The van der Waals surface area contributed by atoms with Crippen LogP contribution in [0.5, 0.6) is 0 Å². The molecule has 3 rings (SSSR count). The second kappa shape index (κ2) is 5.47. The van der Waals surface area contributed by atoms with Crippen molar-refractivity contribution < 1.29 is 9.18 Å². The lowest BCUT2D eigenvalue weighted by Crippen LogP contribution is -2.45. The summed E-state index contributed by atoms with van der Waals surface area (Å²) in [6, 6.07) is 5.79. The SMILES string of the molecule is O=C(c1c[nH]ncc1=O)N(c1ccc(F)cc1)C1CCC1. The lowest BCUT2D eigenvalue weighted by molar-refractivity contribution is 0.0962. The molecule has 1 saturated carbocycles. The van der Waals surface area contributed by atoms with E-state index in [1.54, 1.807) is 17.0 Å². The van der Waals surface area contributed by atoms with E-state index in [0.717, 1.165) is 25.5 Å². The van der Waals surface area contributed by atoms with Crippen LogP contribution in [0.15, 0.2) is 41.5 Å². The van der Waals surface area contributed by atoms with Gasteiger partial charge in [0.25, 0.3) is 5.91 Å². The average molecular weight is 287 g/mol. The highest BCUT2D eigenvalue weighted by atomic mass is 19.1. The van der Waals surface area contributed by atoms with E-state index < -0.39 is 5.43 Å². The molecule has 0 atom stereocenters. The van der Waals surface area contributed by atoms with E-state index in [1.165, 1.54) is 18.3 Å². The first kappa shape index (κ1) is 13.5. The maximum absolute atomic E-state index is 13.1. The summed E-state index contributed by atoms with van der Waals surface area (Å²) in [6.45, 7) is 0. The number of carbonyl (C=O) groups excluding carboxylic acids is 1. The van der Waals surface area contributed by atoms with Gasteiger partial charge in [-0.2, -0.15) is 5.10 Å². The van der Waals surface area contributed by atoms with Crippen molar-refractivity contribution in [2.75, 3.05) is 4.90 Å². The van der Waals surface area contributed by atoms with Gasteiger partial charge >= 0.3 is 0 Å². The Balaban J connectivity index is 2.00. The minimum Gasteiger partial charge on any atom is -0.305 e. The van der Waals surface area contributed by atoms with Gasteiger partial charge in [0.15, 0.2) is 0 Å². The van der Waals surface area contributed by atoms with Gasteiger partial charge in [0.05, 0.1) is 6.20 Å². The average Bonchev–Trinajstić information content (AvgIpc) is 2.44. The first-order valence-corrected chi connectivity index (χ1v) is 6.79. The van der Waals surface area contributed by atoms with Gasteiger partial charge in [-0.3, -0.25) is 14.7 Å². The van der Waals surface area contributed by atoms with Gasteiger partial charge in [-0.25, -0.2) is 4.39 Å². The summed E-state index contributed by atoms with van der Waals surface area (Å²) in [6.07, 6.45) is 5.19. The molecular weight excluding hydrogens is 273 g/mol. The third-order valence-corrected chi connectivity index (χ3v) is 3.72. The molecule has 0 aliphatic heterocycles. The molecule has 108 valence electrons. The maximum atomic E-state index is 13.1. The fourth-order valence-corrected chi connectivity index (χ4v) is 2.38. The van der Waals surface area contributed by atoms with Crippen molar-refractivity contribution in [3.05, 3.63) is 58.3 Å². The van der Waals surface area contributed by atoms with Gasteiger partial charge in [0.1, 0.15) is 11.4 Å². The van der Waals surface area contributed by atoms with Crippen LogP contribution in [0, 0.1) is 5.82 Å². The molecule has 6 heteroatoms. The lowest BCUT2D eigenvalue weighted by Gasteiger charge is -2.37. The van der Waals surface area contributed by atoms with Crippen LogP contribution >= 0.6 is 0 Å². The number of H-pyrrole nitrogens is 1. The second-order valence-corrected chi connectivity index (χ2v) is 5.05. The number of anilines is 1. The lowest BCUT2D eigenvalue weighted by atomic mass is 9.90. The highest BCUT2D eigenvalue weighted by molar-refractivity contribution is 6.06. The topological polar surface area (TPSA) is 66.1 Å². The van der Waals surface area contributed by atoms with Crippen LogP contribution in [0.2, 0.25) is 0 Å². The summed E-state index contributed by atoms with van der Waals surface area (Å²) >= 11 is 0. The van der Waals surface area contributed by atoms with Crippen LogP contribution in [0.25, 0.3) is 0 Å². The Morgan fingerprint density at radius 3 is 2.57 bits per heavy atom. The Bertz CT molecular complexity index is 707. The number of nitrogens with one attached hydrogen (secondary N) is 1. The number of aromatic nitrogens is 2. The molecule has 0 saturated heterocycles. The smallest absolute Gasteiger partial charge is 0.264 e. The van der Waals surface area contributed by atoms with Crippen LogP contribution in [0.3, 0.4) is 0 Å². The van der Waals surface area contributed by atoms with E-state index in [4.69, 9.17) is 0 Å². The highest BCUT2D eigenvalue weighted by Crippen LogP contribution is 2.30. The molecule has 1 heterocycles. The van der Waals surface area contributed by atoms with Crippen molar-refractivity contribution in [1.29, 1.82) is 0 Å². The number of hydrogen-bond donors (Lipinski definition) is 1. The summed E-state index contributed by atoms with van der Waals surface area (Å²) in [5.74, 6) is -0.739. The van der Waals surface area contributed by atoms with Crippen molar-refractivity contribution in [3.63, 3.8) is 0 Å². The molecule has 0 radical (unpaired) electrons. The van der Waals surface area contributed by atoms with Crippen LogP contribution in [0.4, 0.5) is 10.1 Å². The Morgan fingerprint density at radius 1 is 1.29 bits per heavy atom. The second-order valence-electron chi connectivity index (χ2n) is 5.05. The third-order valence-electron chi connectivity index (χ3n) is 3.72. The first-order valence-electron chi connectivity index (χ1n) is 6.79. The molecule has 1 fully saturated rings. The molecule has 1 amide bonds. The normalized spacial score (nSPS) is 14.5. The largest absolute Gasteiger partial charge is 0.305 e. The Labute approximate surface area is 120 Å². The highest BCUT2D eigenvalue weighted by Gasteiger charge is 2.31. The fourth-order valence-electron chi connectivity index (χ4n) is 2.38. The monoisotopic (exact) mass is 287 g/mol.